The summed E-state index contributed by atoms with van der Waals surface area (Å²) in [4.78, 5) is 43.4. The maximum atomic E-state index is 12.8. The van der Waals surface area contributed by atoms with E-state index in [2.05, 4.69) is 10.3 Å². The minimum atomic E-state index is -0.446. The molecule has 158 valence electrons. The predicted molar refractivity (Wildman–Crippen MR) is 115 cm³/mol. The summed E-state index contributed by atoms with van der Waals surface area (Å²) in [5.41, 5.74) is 2.42. The van der Waals surface area contributed by atoms with Gasteiger partial charge in [-0.2, -0.15) is 0 Å². The van der Waals surface area contributed by atoms with E-state index in [1.165, 1.54) is 18.4 Å². The highest BCUT2D eigenvalue weighted by Crippen LogP contribution is 2.26. The van der Waals surface area contributed by atoms with Gasteiger partial charge in [0.05, 0.1) is 30.3 Å². The summed E-state index contributed by atoms with van der Waals surface area (Å²) in [5.74, 6) is -0.704. The molecule has 0 saturated carbocycles. The van der Waals surface area contributed by atoms with Gasteiger partial charge < -0.3 is 14.3 Å². The molecule has 0 bridgehead atoms. The summed E-state index contributed by atoms with van der Waals surface area (Å²) in [7, 11) is 0. The summed E-state index contributed by atoms with van der Waals surface area (Å²) in [6.45, 7) is 0.676. The average Bonchev–Trinajstić information content (AvgIpc) is 3.54. The van der Waals surface area contributed by atoms with E-state index in [1.54, 1.807) is 36.8 Å². The van der Waals surface area contributed by atoms with Crippen LogP contribution in [-0.4, -0.2) is 32.2 Å². The van der Waals surface area contributed by atoms with Crippen molar-refractivity contribution >= 4 is 23.4 Å². The smallest absolute Gasteiger partial charge is 0.261 e. The van der Waals surface area contributed by atoms with E-state index in [9.17, 15) is 14.4 Å². The molecule has 5 rings (SSSR count). The maximum Gasteiger partial charge on any atom is 0.261 e. The van der Waals surface area contributed by atoms with Gasteiger partial charge in [0, 0.05) is 30.2 Å². The van der Waals surface area contributed by atoms with Gasteiger partial charge in [-0.25, -0.2) is 4.98 Å². The minimum Gasteiger partial charge on any atom is -0.467 e. The number of nitrogens with one attached hydrogen (secondary N) is 1. The Kier molecular flexibility index (Phi) is 4.87. The molecule has 2 aromatic carbocycles. The molecule has 3 amide bonds. The lowest BCUT2D eigenvalue weighted by Gasteiger charge is -2.11. The van der Waals surface area contributed by atoms with Crippen molar-refractivity contribution in [3.63, 3.8) is 0 Å². The Bertz CT molecular complexity index is 1310. The predicted octanol–water partition coefficient (Wildman–Crippen LogP) is 3.57. The molecule has 0 saturated heterocycles. The molecule has 0 radical (unpaired) electrons. The molecule has 1 aliphatic rings. The first-order valence-electron chi connectivity index (χ1n) is 9.97. The van der Waals surface area contributed by atoms with Crippen LogP contribution in [0.1, 0.15) is 42.4 Å². The second-order valence-electron chi connectivity index (χ2n) is 7.43. The normalized spacial score (nSPS) is 12.8. The standard InChI is InChI=1S/C24H18N4O4/c29-22(26-18-4-1-3-16(11-18)13-27-9-8-25-15-27)17-6-7-20-21(12-17)24(31)28(23(20)30)14-19-5-2-10-32-19/h1-12,15H,13-14H2,(H,26,29). The molecule has 8 heteroatoms. The Morgan fingerprint density at radius 1 is 0.969 bits per heavy atom. The number of aromatic nitrogens is 2. The van der Waals surface area contributed by atoms with Crippen molar-refractivity contribution in [2.24, 2.45) is 0 Å². The van der Waals surface area contributed by atoms with Gasteiger partial charge in [0.15, 0.2) is 0 Å². The van der Waals surface area contributed by atoms with Gasteiger partial charge in [0.2, 0.25) is 0 Å². The number of fused-ring (bicyclic) bond motifs is 1. The van der Waals surface area contributed by atoms with E-state index < -0.39 is 11.8 Å². The summed E-state index contributed by atoms with van der Waals surface area (Å²) >= 11 is 0. The zero-order valence-electron chi connectivity index (χ0n) is 16.9. The summed E-state index contributed by atoms with van der Waals surface area (Å²) < 4.78 is 7.18. The molecule has 0 fully saturated rings. The van der Waals surface area contributed by atoms with E-state index in [0.29, 0.717) is 23.6 Å². The fraction of sp³-hybridized carbons (Fsp3) is 0.0833. The zero-order chi connectivity index (χ0) is 22.1. The molecular formula is C24H18N4O4. The summed E-state index contributed by atoms with van der Waals surface area (Å²) in [5, 5.41) is 2.85. The van der Waals surface area contributed by atoms with Crippen molar-refractivity contribution in [2.75, 3.05) is 5.32 Å². The van der Waals surface area contributed by atoms with Crippen LogP contribution in [0.5, 0.6) is 0 Å². The molecular weight excluding hydrogens is 408 g/mol. The van der Waals surface area contributed by atoms with Crippen LogP contribution in [0, 0.1) is 0 Å². The second-order valence-corrected chi connectivity index (χ2v) is 7.43. The Labute approximate surface area is 183 Å². The van der Waals surface area contributed by atoms with Gasteiger partial charge in [-0.3, -0.25) is 19.3 Å². The van der Waals surface area contributed by atoms with Gasteiger partial charge in [-0.05, 0) is 48.0 Å². The quantitative estimate of drug-likeness (QED) is 0.476. The average molecular weight is 426 g/mol. The highest BCUT2D eigenvalue weighted by Gasteiger charge is 2.36. The summed E-state index contributed by atoms with van der Waals surface area (Å²) in [6.07, 6.45) is 6.79. The molecule has 3 heterocycles. The molecule has 8 nitrogen and oxygen atoms in total. The third-order valence-electron chi connectivity index (χ3n) is 5.24. The van der Waals surface area contributed by atoms with Crippen LogP contribution in [0.3, 0.4) is 0 Å². The van der Waals surface area contributed by atoms with Crippen LogP contribution in [0.25, 0.3) is 0 Å². The highest BCUT2D eigenvalue weighted by molar-refractivity contribution is 6.22. The van der Waals surface area contributed by atoms with Crippen molar-refractivity contribution in [2.45, 2.75) is 13.1 Å². The van der Waals surface area contributed by atoms with Crippen molar-refractivity contribution in [1.82, 2.24) is 14.5 Å². The number of furan rings is 1. The van der Waals surface area contributed by atoms with E-state index in [4.69, 9.17) is 4.42 Å². The van der Waals surface area contributed by atoms with Crippen molar-refractivity contribution < 1.29 is 18.8 Å². The molecule has 0 atom stereocenters. The molecule has 0 spiro atoms. The number of imidazole rings is 1. The largest absolute Gasteiger partial charge is 0.467 e. The van der Waals surface area contributed by atoms with Gasteiger partial charge in [-0.1, -0.05) is 12.1 Å². The van der Waals surface area contributed by atoms with Crippen LogP contribution < -0.4 is 5.32 Å². The van der Waals surface area contributed by atoms with Crippen LogP contribution in [0.2, 0.25) is 0 Å². The van der Waals surface area contributed by atoms with Crippen LogP contribution in [-0.2, 0) is 13.1 Å². The number of hydrogen-bond donors (Lipinski definition) is 1. The number of imide groups is 1. The number of hydrogen-bond acceptors (Lipinski definition) is 5. The van der Waals surface area contributed by atoms with Gasteiger partial charge in [0.1, 0.15) is 5.76 Å². The Morgan fingerprint density at radius 3 is 2.62 bits per heavy atom. The summed E-state index contributed by atoms with van der Waals surface area (Å²) in [6, 6.07) is 15.4. The van der Waals surface area contributed by atoms with Gasteiger partial charge >= 0.3 is 0 Å². The number of benzene rings is 2. The van der Waals surface area contributed by atoms with Gasteiger partial charge in [0.25, 0.3) is 17.7 Å². The fourth-order valence-corrected chi connectivity index (χ4v) is 3.68. The number of rotatable bonds is 6. The topological polar surface area (TPSA) is 97.4 Å². The third-order valence-corrected chi connectivity index (χ3v) is 5.24. The van der Waals surface area contributed by atoms with Crippen LogP contribution in [0.15, 0.2) is 84.0 Å². The Hall–Kier alpha value is -4.46. The maximum absolute atomic E-state index is 12.8. The van der Waals surface area contributed by atoms with E-state index in [0.717, 1.165) is 10.5 Å². The first kappa shape index (κ1) is 19.5. The molecule has 0 aliphatic carbocycles. The number of carbonyl (C=O) groups is 3. The van der Waals surface area contributed by atoms with E-state index in [1.807, 2.05) is 29.0 Å². The first-order chi connectivity index (χ1) is 15.6. The molecule has 1 N–H and O–H groups in total. The zero-order valence-corrected chi connectivity index (χ0v) is 16.9. The third kappa shape index (κ3) is 3.69. The lowest BCUT2D eigenvalue weighted by Crippen LogP contribution is -2.28. The number of carbonyl (C=O) groups excluding carboxylic acids is 3. The molecule has 0 unspecified atom stereocenters. The lowest BCUT2D eigenvalue weighted by molar-refractivity contribution is 0.0631. The SMILES string of the molecule is O=C(Nc1cccc(Cn2ccnc2)c1)c1ccc2c(c1)C(=O)N(Cc1ccco1)C2=O. The number of amides is 3. The van der Waals surface area contributed by atoms with Crippen LogP contribution in [0.4, 0.5) is 5.69 Å². The lowest BCUT2D eigenvalue weighted by atomic mass is 10.1. The van der Waals surface area contributed by atoms with E-state index >= 15 is 0 Å². The Morgan fingerprint density at radius 2 is 1.84 bits per heavy atom. The molecule has 1 aliphatic heterocycles. The van der Waals surface area contributed by atoms with Gasteiger partial charge in [-0.15, -0.1) is 0 Å². The van der Waals surface area contributed by atoms with Crippen molar-refractivity contribution in [3.05, 3.63) is 108 Å². The molecule has 32 heavy (non-hydrogen) atoms. The number of nitrogens with zero attached hydrogens (tertiary/aromatic N) is 3. The first-order valence-corrected chi connectivity index (χ1v) is 9.97. The van der Waals surface area contributed by atoms with Crippen molar-refractivity contribution in [1.29, 1.82) is 0 Å². The highest BCUT2D eigenvalue weighted by atomic mass is 16.3. The number of anilines is 1. The fourth-order valence-electron chi connectivity index (χ4n) is 3.68. The second kappa shape index (κ2) is 7.99. The molecule has 2 aromatic heterocycles. The van der Waals surface area contributed by atoms with E-state index in [-0.39, 0.29) is 23.6 Å². The van der Waals surface area contributed by atoms with Crippen molar-refractivity contribution in [3.8, 4) is 0 Å². The Balaban J connectivity index is 1.33. The monoisotopic (exact) mass is 426 g/mol. The molecule has 4 aromatic rings. The van der Waals surface area contributed by atoms with Crippen LogP contribution >= 0.6 is 0 Å². The minimum absolute atomic E-state index is 0.0462.